The number of fused-ring (bicyclic) bond motifs is 3. The molecule has 3 atom stereocenters. The van der Waals surface area contributed by atoms with Gasteiger partial charge in [0.15, 0.2) is 5.65 Å². The average molecular weight is 556 g/mol. The van der Waals surface area contributed by atoms with E-state index in [1.165, 1.54) is 18.2 Å². The fourth-order valence-corrected chi connectivity index (χ4v) is 5.38. The molecule has 1 N–H and O–H groups in total. The second kappa shape index (κ2) is 9.30. The Morgan fingerprint density at radius 3 is 2.08 bits per heavy atom. The number of nitrogens with one attached hydrogen (secondary N) is 1. The van der Waals surface area contributed by atoms with Gasteiger partial charge < -0.3 is 15.0 Å². The summed E-state index contributed by atoms with van der Waals surface area (Å²) in [4.78, 5) is 18.6. The van der Waals surface area contributed by atoms with Crippen LogP contribution in [0.4, 0.5) is 37.1 Å². The molecule has 210 valence electrons. The van der Waals surface area contributed by atoms with E-state index in [9.17, 15) is 31.1 Å². The van der Waals surface area contributed by atoms with Crippen molar-refractivity contribution in [3.05, 3.63) is 47.7 Å². The van der Waals surface area contributed by atoms with Crippen LogP contribution in [0.2, 0.25) is 0 Å². The van der Waals surface area contributed by atoms with E-state index < -0.39 is 35.3 Å². The van der Waals surface area contributed by atoms with Gasteiger partial charge in [0.2, 0.25) is 5.95 Å². The van der Waals surface area contributed by atoms with E-state index >= 15 is 0 Å². The van der Waals surface area contributed by atoms with Crippen LogP contribution in [0.1, 0.15) is 44.9 Å². The summed E-state index contributed by atoms with van der Waals surface area (Å²) < 4.78 is 86.6. The van der Waals surface area contributed by atoms with Crippen molar-refractivity contribution < 1.29 is 35.9 Å². The molecule has 1 saturated heterocycles. The number of piperidine rings is 1. The highest BCUT2D eigenvalue weighted by Crippen LogP contribution is 2.40. The summed E-state index contributed by atoms with van der Waals surface area (Å²) in [6.45, 7) is 6.23. The van der Waals surface area contributed by atoms with Gasteiger partial charge in [0, 0.05) is 24.7 Å². The van der Waals surface area contributed by atoms with Gasteiger partial charge in [0.25, 0.3) is 0 Å². The summed E-state index contributed by atoms with van der Waals surface area (Å²) >= 11 is 0. The third-order valence-electron chi connectivity index (χ3n) is 7.08. The van der Waals surface area contributed by atoms with Crippen molar-refractivity contribution >= 4 is 17.7 Å². The highest BCUT2D eigenvalue weighted by molar-refractivity contribution is 5.78. The van der Waals surface area contributed by atoms with Gasteiger partial charge in [-0.05, 0) is 75.3 Å². The summed E-state index contributed by atoms with van der Waals surface area (Å²) in [5.41, 5.74) is -2.22. The molecule has 0 spiro atoms. The third-order valence-corrected chi connectivity index (χ3v) is 7.08. The molecule has 2 aliphatic rings. The van der Waals surface area contributed by atoms with E-state index in [0.717, 1.165) is 31.0 Å². The predicted molar refractivity (Wildman–Crippen MR) is 130 cm³/mol. The van der Waals surface area contributed by atoms with E-state index in [2.05, 4.69) is 15.4 Å². The molecule has 1 aliphatic heterocycles. The Balaban J connectivity index is 1.44. The second-order valence-electron chi connectivity index (χ2n) is 11.0. The van der Waals surface area contributed by atoms with Crippen molar-refractivity contribution in [3.8, 4) is 11.1 Å². The topological polar surface area (TPSA) is 71.8 Å². The maximum Gasteiger partial charge on any atom is 0.433 e. The number of carbonyl (C=O) groups excluding carboxylic acids is 1. The third kappa shape index (κ3) is 5.48. The lowest BCUT2D eigenvalue weighted by Crippen LogP contribution is -2.51. The Bertz CT molecular complexity index is 1360. The first kappa shape index (κ1) is 27.1. The van der Waals surface area contributed by atoms with Crippen LogP contribution in [-0.2, 0) is 17.1 Å². The maximum absolute atomic E-state index is 13.8. The SMILES string of the molecule is CC(C)(C)OC(=O)N1CC2CC[C@@H](C1)[C@@H]2Nc1nc2c(-c3ccc(C(F)(F)F)cc3)ccc(C(F)(F)F)n2n1. The Morgan fingerprint density at radius 2 is 1.54 bits per heavy atom. The Morgan fingerprint density at radius 1 is 0.923 bits per heavy atom. The molecule has 7 nitrogen and oxygen atoms in total. The standard InChI is InChI=1S/C26H27F6N5O2/c1-24(2,3)39-23(38)36-12-15-4-5-16(13-36)20(15)33-22-34-21-18(10-11-19(26(30,31)32)37(21)35-22)14-6-8-17(9-7-14)25(27,28)29/h6-11,15-16,20H,4-5,12-13H2,1-3H3,(H,33,35)/t15-,16?,20-/m0/s1. The molecule has 3 heterocycles. The molecule has 39 heavy (non-hydrogen) atoms. The van der Waals surface area contributed by atoms with Gasteiger partial charge >= 0.3 is 18.4 Å². The van der Waals surface area contributed by atoms with Crippen LogP contribution < -0.4 is 5.32 Å². The summed E-state index contributed by atoms with van der Waals surface area (Å²) in [5, 5.41) is 7.29. The van der Waals surface area contributed by atoms with Crippen LogP contribution in [0.5, 0.6) is 0 Å². The highest BCUT2D eigenvalue weighted by Gasteiger charge is 2.45. The molecular weight excluding hydrogens is 528 g/mol. The van der Waals surface area contributed by atoms with Gasteiger partial charge in [-0.2, -0.15) is 31.3 Å². The number of likely N-dealkylation sites (tertiary alicyclic amines) is 1. The zero-order valence-electron chi connectivity index (χ0n) is 21.4. The number of amides is 1. The van der Waals surface area contributed by atoms with Crippen molar-refractivity contribution in [3.63, 3.8) is 0 Å². The minimum absolute atomic E-state index is 0.0209. The molecule has 1 amide bonds. The number of anilines is 1. The Hall–Kier alpha value is -3.51. The first-order valence-corrected chi connectivity index (χ1v) is 12.5. The van der Waals surface area contributed by atoms with Crippen LogP contribution in [0.15, 0.2) is 36.4 Å². The zero-order chi connectivity index (χ0) is 28.3. The van der Waals surface area contributed by atoms with E-state index in [4.69, 9.17) is 4.74 Å². The number of ether oxygens (including phenoxy) is 1. The average Bonchev–Trinajstić information content (AvgIpc) is 3.32. The maximum atomic E-state index is 13.8. The minimum atomic E-state index is -4.74. The van der Waals surface area contributed by atoms with Crippen molar-refractivity contribution in [1.82, 2.24) is 19.5 Å². The van der Waals surface area contributed by atoms with Crippen LogP contribution in [0.3, 0.4) is 0 Å². The predicted octanol–water partition coefficient (Wildman–Crippen LogP) is 6.49. The van der Waals surface area contributed by atoms with Crippen LogP contribution in [0.25, 0.3) is 16.8 Å². The fourth-order valence-electron chi connectivity index (χ4n) is 5.38. The number of alkyl halides is 6. The lowest BCUT2D eigenvalue weighted by Gasteiger charge is -2.38. The Labute approximate surface area is 220 Å². The van der Waals surface area contributed by atoms with Crippen LogP contribution >= 0.6 is 0 Å². The largest absolute Gasteiger partial charge is 0.444 e. The minimum Gasteiger partial charge on any atom is -0.444 e. The van der Waals surface area contributed by atoms with Crippen molar-refractivity contribution in [2.45, 2.75) is 57.6 Å². The van der Waals surface area contributed by atoms with E-state index in [-0.39, 0.29) is 40.6 Å². The number of nitrogens with zero attached hydrogens (tertiary/aromatic N) is 4. The van der Waals surface area contributed by atoms with E-state index in [1.54, 1.807) is 25.7 Å². The quantitative estimate of drug-likeness (QED) is 0.374. The van der Waals surface area contributed by atoms with Crippen molar-refractivity contribution in [2.24, 2.45) is 11.8 Å². The molecule has 13 heteroatoms. The molecule has 2 fully saturated rings. The van der Waals surface area contributed by atoms with E-state index in [0.29, 0.717) is 17.6 Å². The molecule has 1 aliphatic carbocycles. The van der Waals surface area contributed by atoms with Gasteiger partial charge in [0.05, 0.1) is 5.56 Å². The summed E-state index contributed by atoms with van der Waals surface area (Å²) in [5.74, 6) is 0.0335. The second-order valence-corrected chi connectivity index (χ2v) is 11.0. The fraction of sp³-hybridized carbons (Fsp3) is 0.500. The van der Waals surface area contributed by atoms with Gasteiger partial charge in [0.1, 0.15) is 11.3 Å². The zero-order valence-corrected chi connectivity index (χ0v) is 21.4. The number of hydrogen-bond donors (Lipinski definition) is 1. The number of benzene rings is 1. The van der Waals surface area contributed by atoms with Crippen LogP contribution in [0, 0.1) is 11.8 Å². The summed E-state index contributed by atoms with van der Waals surface area (Å²) in [6, 6.07) is 5.98. The number of carbonyl (C=O) groups is 1. The molecule has 1 unspecified atom stereocenters. The molecule has 1 aromatic carbocycles. The van der Waals surface area contributed by atoms with Gasteiger partial charge in [-0.15, -0.1) is 5.10 Å². The normalized spacial score (nSPS) is 21.9. The van der Waals surface area contributed by atoms with Crippen molar-refractivity contribution in [2.75, 3.05) is 18.4 Å². The molecule has 2 aromatic heterocycles. The number of aromatic nitrogens is 3. The molecular formula is C26H27F6N5O2. The molecule has 3 aromatic rings. The molecule has 2 bridgehead atoms. The molecule has 1 saturated carbocycles. The van der Waals surface area contributed by atoms with Gasteiger partial charge in [-0.3, -0.25) is 0 Å². The summed E-state index contributed by atoms with van der Waals surface area (Å²) in [6.07, 6.45) is -8.04. The molecule has 0 radical (unpaired) electrons. The molecule has 5 rings (SSSR count). The number of halogens is 6. The van der Waals surface area contributed by atoms with Gasteiger partial charge in [-0.25, -0.2) is 9.31 Å². The smallest absolute Gasteiger partial charge is 0.433 e. The number of pyridine rings is 1. The lowest BCUT2D eigenvalue weighted by molar-refractivity contribution is -0.142. The first-order valence-electron chi connectivity index (χ1n) is 12.5. The van der Waals surface area contributed by atoms with E-state index in [1.807, 2.05) is 0 Å². The lowest BCUT2D eigenvalue weighted by atomic mass is 9.92. The van der Waals surface area contributed by atoms with Crippen molar-refractivity contribution in [1.29, 1.82) is 0 Å². The summed E-state index contributed by atoms with van der Waals surface area (Å²) in [7, 11) is 0. The number of hydrogen-bond acceptors (Lipinski definition) is 5. The monoisotopic (exact) mass is 555 g/mol. The van der Waals surface area contributed by atoms with Gasteiger partial charge in [-0.1, -0.05) is 12.1 Å². The Kier molecular flexibility index (Phi) is 6.46. The highest BCUT2D eigenvalue weighted by atomic mass is 19.4. The first-order chi connectivity index (χ1) is 18.1. The van der Waals surface area contributed by atoms with Crippen LogP contribution in [-0.4, -0.2) is 50.3 Å². The number of rotatable bonds is 3.